The summed E-state index contributed by atoms with van der Waals surface area (Å²) in [4.78, 5) is 27.6. The number of hydrogen-bond donors (Lipinski definition) is 2. The molecule has 1 aliphatic heterocycles. The number of piperidine rings is 1. The molecule has 0 spiro atoms. The summed E-state index contributed by atoms with van der Waals surface area (Å²) in [6.45, 7) is 4.17. The van der Waals surface area contributed by atoms with E-state index in [1.807, 2.05) is 48.5 Å². The molecule has 2 aromatic carbocycles. The third kappa shape index (κ3) is 5.77. The Morgan fingerprint density at radius 1 is 0.938 bits per heavy atom. The predicted molar refractivity (Wildman–Crippen MR) is 127 cm³/mol. The molecule has 170 valence electrons. The molecule has 1 aliphatic carbocycles. The normalized spacial score (nSPS) is 19.5. The Labute approximate surface area is 191 Å². The van der Waals surface area contributed by atoms with Crippen molar-refractivity contribution in [1.29, 1.82) is 0 Å². The van der Waals surface area contributed by atoms with Crippen molar-refractivity contribution >= 4 is 11.8 Å². The zero-order valence-electron chi connectivity index (χ0n) is 19.0. The first kappa shape index (κ1) is 22.5. The molecule has 1 unspecified atom stereocenters. The van der Waals surface area contributed by atoms with E-state index in [2.05, 4.69) is 34.6 Å². The second-order valence-corrected chi connectivity index (χ2v) is 9.33. The molecule has 0 aromatic heterocycles. The number of carbonyl (C=O) groups excluding carboxylic acids is 2. The third-order valence-corrected chi connectivity index (χ3v) is 7.10. The fourth-order valence-corrected chi connectivity index (χ4v) is 4.76. The Balaban J connectivity index is 1.30. The van der Waals surface area contributed by atoms with Gasteiger partial charge in [-0.25, -0.2) is 0 Å². The van der Waals surface area contributed by atoms with E-state index in [-0.39, 0.29) is 29.8 Å². The van der Waals surface area contributed by atoms with Gasteiger partial charge in [-0.2, -0.15) is 0 Å². The highest BCUT2D eigenvalue weighted by Gasteiger charge is 2.30. The number of rotatable bonds is 8. The SMILES string of the molecule is CC(C[C@H](NC(=O)C1CCC1)c1ccccc1)N1CCC(NC(=O)c2ccccc2)CC1. The molecule has 1 saturated carbocycles. The van der Waals surface area contributed by atoms with Crippen LogP contribution in [0.15, 0.2) is 60.7 Å². The summed E-state index contributed by atoms with van der Waals surface area (Å²) >= 11 is 0. The average molecular weight is 434 g/mol. The molecular weight excluding hydrogens is 398 g/mol. The number of nitrogens with zero attached hydrogens (tertiary/aromatic N) is 1. The lowest BCUT2D eigenvalue weighted by Crippen LogP contribution is -2.48. The second kappa shape index (κ2) is 10.8. The summed E-state index contributed by atoms with van der Waals surface area (Å²) in [6, 6.07) is 20.4. The van der Waals surface area contributed by atoms with Crippen molar-refractivity contribution in [2.45, 2.75) is 63.6 Å². The van der Waals surface area contributed by atoms with Crippen LogP contribution in [-0.4, -0.2) is 41.9 Å². The molecule has 1 heterocycles. The van der Waals surface area contributed by atoms with E-state index in [0.29, 0.717) is 6.04 Å². The number of benzene rings is 2. The molecule has 5 heteroatoms. The Bertz CT molecular complexity index is 874. The van der Waals surface area contributed by atoms with Gasteiger partial charge in [0, 0.05) is 36.7 Å². The maximum atomic E-state index is 12.7. The molecule has 0 radical (unpaired) electrons. The Hall–Kier alpha value is -2.66. The maximum Gasteiger partial charge on any atom is 0.251 e. The van der Waals surface area contributed by atoms with Crippen LogP contribution in [0.5, 0.6) is 0 Å². The lowest BCUT2D eigenvalue weighted by Gasteiger charge is -2.38. The number of carbonyl (C=O) groups is 2. The molecule has 5 nitrogen and oxygen atoms in total. The minimum Gasteiger partial charge on any atom is -0.349 e. The molecular formula is C27H35N3O2. The van der Waals surface area contributed by atoms with Gasteiger partial charge < -0.3 is 15.5 Å². The van der Waals surface area contributed by atoms with Crippen molar-refractivity contribution < 1.29 is 9.59 Å². The van der Waals surface area contributed by atoms with Crippen LogP contribution in [0.3, 0.4) is 0 Å². The van der Waals surface area contributed by atoms with Gasteiger partial charge >= 0.3 is 0 Å². The largest absolute Gasteiger partial charge is 0.349 e. The molecule has 2 aromatic rings. The minimum atomic E-state index is 0.0138. The van der Waals surface area contributed by atoms with Crippen molar-refractivity contribution in [3.63, 3.8) is 0 Å². The zero-order valence-corrected chi connectivity index (χ0v) is 19.0. The summed E-state index contributed by atoms with van der Waals surface area (Å²) in [7, 11) is 0. The van der Waals surface area contributed by atoms with Crippen molar-refractivity contribution in [3.8, 4) is 0 Å². The lowest BCUT2D eigenvalue weighted by atomic mass is 9.84. The fourth-order valence-electron chi connectivity index (χ4n) is 4.76. The van der Waals surface area contributed by atoms with E-state index in [9.17, 15) is 9.59 Å². The highest BCUT2D eigenvalue weighted by Crippen LogP contribution is 2.29. The van der Waals surface area contributed by atoms with E-state index in [4.69, 9.17) is 0 Å². The molecule has 32 heavy (non-hydrogen) atoms. The number of hydrogen-bond acceptors (Lipinski definition) is 3. The monoisotopic (exact) mass is 433 g/mol. The number of nitrogens with one attached hydrogen (secondary N) is 2. The van der Waals surface area contributed by atoms with E-state index in [0.717, 1.165) is 50.8 Å². The van der Waals surface area contributed by atoms with Crippen LogP contribution in [0.2, 0.25) is 0 Å². The van der Waals surface area contributed by atoms with Gasteiger partial charge in [0.25, 0.3) is 5.91 Å². The van der Waals surface area contributed by atoms with Crippen LogP contribution < -0.4 is 10.6 Å². The summed E-state index contributed by atoms with van der Waals surface area (Å²) in [5.74, 6) is 0.417. The first-order valence-electron chi connectivity index (χ1n) is 12.1. The van der Waals surface area contributed by atoms with Crippen LogP contribution in [0.25, 0.3) is 0 Å². The highest BCUT2D eigenvalue weighted by atomic mass is 16.2. The van der Waals surface area contributed by atoms with Gasteiger partial charge in [-0.15, -0.1) is 0 Å². The maximum absolute atomic E-state index is 12.7. The van der Waals surface area contributed by atoms with Crippen LogP contribution in [0.1, 0.15) is 67.4 Å². The van der Waals surface area contributed by atoms with Crippen molar-refractivity contribution in [1.82, 2.24) is 15.5 Å². The Morgan fingerprint density at radius 3 is 2.16 bits per heavy atom. The molecule has 2 atom stereocenters. The van der Waals surface area contributed by atoms with E-state index >= 15 is 0 Å². The minimum absolute atomic E-state index is 0.0138. The van der Waals surface area contributed by atoms with Gasteiger partial charge in [0.2, 0.25) is 5.91 Å². The molecule has 2 aliphatic rings. The lowest BCUT2D eigenvalue weighted by molar-refractivity contribution is -0.128. The van der Waals surface area contributed by atoms with Crippen molar-refractivity contribution in [2.75, 3.05) is 13.1 Å². The second-order valence-electron chi connectivity index (χ2n) is 9.33. The fraction of sp³-hybridized carbons (Fsp3) is 0.481. The Kier molecular flexibility index (Phi) is 7.59. The summed E-state index contributed by atoms with van der Waals surface area (Å²) in [6.07, 6.45) is 6.00. The highest BCUT2D eigenvalue weighted by molar-refractivity contribution is 5.94. The van der Waals surface area contributed by atoms with Crippen LogP contribution in [0, 0.1) is 5.92 Å². The molecule has 2 fully saturated rings. The summed E-state index contributed by atoms with van der Waals surface area (Å²) in [5, 5.41) is 6.53. The van der Waals surface area contributed by atoms with Gasteiger partial charge in [-0.05, 0) is 56.7 Å². The van der Waals surface area contributed by atoms with Gasteiger partial charge in [0.1, 0.15) is 0 Å². The summed E-state index contributed by atoms with van der Waals surface area (Å²) in [5.41, 5.74) is 1.90. The van der Waals surface area contributed by atoms with Gasteiger partial charge in [-0.1, -0.05) is 55.0 Å². The topological polar surface area (TPSA) is 61.4 Å². The van der Waals surface area contributed by atoms with Crippen LogP contribution >= 0.6 is 0 Å². The third-order valence-electron chi connectivity index (χ3n) is 7.10. The first-order chi connectivity index (χ1) is 15.6. The molecule has 4 rings (SSSR count). The molecule has 1 saturated heterocycles. The molecule has 0 bridgehead atoms. The van der Waals surface area contributed by atoms with Gasteiger partial charge in [-0.3, -0.25) is 9.59 Å². The van der Waals surface area contributed by atoms with Crippen LogP contribution in [-0.2, 0) is 4.79 Å². The molecule has 2 amide bonds. The van der Waals surface area contributed by atoms with Crippen molar-refractivity contribution in [2.24, 2.45) is 5.92 Å². The van der Waals surface area contributed by atoms with Crippen molar-refractivity contribution in [3.05, 3.63) is 71.8 Å². The van der Waals surface area contributed by atoms with Gasteiger partial charge in [0.05, 0.1) is 6.04 Å². The van der Waals surface area contributed by atoms with E-state index in [1.54, 1.807) is 0 Å². The quantitative estimate of drug-likeness (QED) is 0.652. The standard InChI is InChI=1S/C27H35N3O2/c1-20(19-25(21-9-4-2-5-10-21)29-27(32)23-13-8-14-23)30-17-15-24(16-18-30)28-26(31)22-11-6-3-7-12-22/h2-7,9-12,20,23-25H,8,13-19H2,1H3,(H,28,31)(H,29,32)/t20?,25-/m0/s1. The van der Waals surface area contributed by atoms with Gasteiger partial charge in [0.15, 0.2) is 0 Å². The molecule has 2 N–H and O–H groups in total. The predicted octanol–water partition coefficient (Wildman–Crippen LogP) is 4.32. The Morgan fingerprint density at radius 2 is 1.56 bits per heavy atom. The first-order valence-corrected chi connectivity index (χ1v) is 12.1. The zero-order chi connectivity index (χ0) is 22.3. The smallest absolute Gasteiger partial charge is 0.251 e. The van der Waals surface area contributed by atoms with E-state index < -0.39 is 0 Å². The van der Waals surface area contributed by atoms with E-state index in [1.165, 1.54) is 12.0 Å². The number of likely N-dealkylation sites (tertiary alicyclic amines) is 1. The number of amides is 2. The van der Waals surface area contributed by atoms with Crippen LogP contribution in [0.4, 0.5) is 0 Å². The summed E-state index contributed by atoms with van der Waals surface area (Å²) < 4.78 is 0. The average Bonchev–Trinajstić information content (AvgIpc) is 2.79.